The molecular weight excluding hydrogens is 190 g/mol. The van der Waals surface area contributed by atoms with Gasteiger partial charge in [0.2, 0.25) is 5.88 Å². The summed E-state index contributed by atoms with van der Waals surface area (Å²) in [5, 5.41) is 5.11. The quantitative estimate of drug-likeness (QED) is 0.752. The highest BCUT2D eigenvalue weighted by Gasteiger charge is 2.02. The Balaban J connectivity index is 2.41. The molecule has 72 valence electrons. The zero-order valence-corrected chi connectivity index (χ0v) is 8.27. The number of rotatable bonds is 3. The highest BCUT2D eigenvalue weighted by molar-refractivity contribution is 7.05. The van der Waals surface area contributed by atoms with Crippen LogP contribution in [0.3, 0.4) is 0 Å². The average Bonchev–Trinajstić information content (AvgIpc) is 2.61. The van der Waals surface area contributed by atoms with Gasteiger partial charge in [-0.15, -0.1) is 0 Å². The molecule has 0 fully saturated rings. The zero-order chi connectivity index (χ0) is 9.68. The van der Waals surface area contributed by atoms with E-state index in [2.05, 4.69) is 15.0 Å². The Morgan fingerprint density at radius 1 is 1.77 bits per heavy atom. The monoisotopic (exact) mass is 201 g/mol. The number of urea groups is 1. The summed E-state index contributed by atoms with van der Waals surface area (Å²) in [6.07, 6.45) is 0. The topological polar surface area (TPSA) is 63.2 Å². The minimum Gasteiger partial charge on any atom is -0.480 e. The molecule has 0 aliphatic heterocycles. The van der Waals surface area contributed by atoms with Crippen LogP contribution in [0.15, 0.2) is 6.07 Å². The molecule has 0 aliphatic rings. The third-order valence-corrected chi connectivity index (χ3v) is 2.16. The van der Waals surface area contributed by atoms with Crippen molar-refractivity contribution >= 4 is 17.6 Å². The molecule has 0 saturated heterocycles. The number of nitrogens with one attached hydrogen (secondary N) is 2. The van der Waals surface area contributed by atoms with Gasteiger partial charge in [0.1, 0.15) is 0 Å². The van der Waals surface area contributed by atoms with Crippen molar-refractivity contribution in [2.75, 3.05) is 14.2 Å². The molecular formula is C7H11N3O2S. The van der Waals surface area contributed by atoms with Gasteiger partial charge in [0.25, 0.3) is 0 Å². The first-order chi connectivity index (χ1) is 6.26. The van der Waals surface area contributed by atoms with Crippen molar-refractivity contribution in [1.29, 1.82) is 0 Å². The molecule has 1 aromatic heterocycles. The molecule has 0 spiro atoms. The third kappa shape index (κ3) is 2.90. The first kappa shape index (κ1) is 9.79. The molecule has 0 saturated carbocycles. The maximum Gasteiger partial charge on any atom is 0.314 e. The first-order valence-electron chi connectivity index (χ1n) is 3.71. The van der Waals surface area contributed by atoms with E-state index in [4.69, 9.17) is 4.74 Å². The Morgan fingerprint density at radius 2 is 2.54 bits per heavy atom. The Labute approximate surface area is 80.3 Å². The Morgan fingerprint density at radius 3 is 3.08 bits per heavy atom. The number of methoxy groups -OCH3 is 1. The molecule has 0 unspecified atom stereocenters. The molecule has 0 atom stereocenters. The summed E-state index contributed by atoms with van der Waals surface area (Å²) in [6, 6.07) is 1.59. The third-order valence-electron chi connectivity index (χ3n) is 1.40. The summed E-state index contributed by atoms with van der Waals surface area (Å²) in [5.41, 5.74) is 0. The SMILES string of the molecule is CNC(=O)NCc1cc(OC)ns1. The molecule has 0 radical (unpaired) electrons. The van der Waals surface area contributed by atoms with Crippen LogP contribution in [0.1, 0.15) is 4.88 Å². The van der Waals surface area contributed by atoms with Crippen molar-refractivity contribution in [3.05, 3.63) is 10.9 Å². The molecule has 0 bridgehead atoms. The van der Waals surface area contributed by atoms with Crippen LogP contribution < -0.4 is 15.4 Å². The van der Waals surface area contributed by atoms with E-state index in [1.54, 1.807) is 20.2 Å². The van der Waals surface area contributed by atoms with Gasteiger partial charge in [0.15, 0.2) is 0 Å². The smallest absolute Gasteiger partial charge is 0.314 e. The van der Waals surface area contributed by atoms with E-state index in [0.29, 0.717) is 12.4 Å². The second kappa shape index (κ2) is 4.66. The van der Waals surface area contributed by atoms with Crippen LogP contribution in [0.5, 0.6) is 5.88 Å². The Kier molecular flexibility index (Phi) is 3.51. The van der Waals surface area contributed by atoms with E-state index >= 15 is 0 Å². The molecule has 0 aromatic carbocycles. The van der Waals surface area contributed by atoms with Crippen molar-refractivity contribution in [3.8, 4) is 5.88 Å². The van der Waals surface area contributed by atoms with Crippen molar-refractivity contribution in [2.45, 2.75) is 6.54 Å². The van der Waals surface area contributed by atoms with Gasteiger partial charge in [0, 0.05) is 18.0 Å². The summed E-state index contributed by atoms with van der Waals surface area (Å²) in [5.74, 6) is 0.582. The predicted octanol–water partition coefficient (Wildman–Crippen LogP) is 0.581. The Bertz CT molecular complexity index is 287. The fraction of sp³-hybridized carbons (Fsp3) is 0.429. The van der Waals surface area contributed by atoms with Crippen LogP contribution in [-0.2, 0) is 6.54 Å². The Hall–Kier alpha value is -1.30. The fourth-order valence-corrected chi connectivity index (χ4v) is 1.35. The lowest BCUT2D eigenvalue weighted by Crippen LogP contribution is -2.31. The molecule has 1 aromatic rings. The summed E-state index contributed by atoms with van der Waals surface area (Å²) in [7, 11) is 3.13. The van der Waals surface area contributed by atoms with E-state index in [1.165, 1.54) is 11.5 Å². The highest BCUT2D eigenvalue weighted by Crippen LogP contribution is 2.15. The number of hydrogen-bond acceptors (Lipinski definition) is 4. The van der Waals surface area contributed by atoms with Crippen LogP contribution in [0, 0.1) is 0 Å². The summed E-state index contributed by atoms with van der Waals surface area (Å²) >= 11 is 1.31. The average molecular weight is 201 g/mol. The van der Waals surface area contributed by atoms with Crippen LogP contribution in [0.4, 0.5) is 4.79 Å². The molecule has 13 heavy (non-hydrogen) atoms. The van der Waals surface area contributed by atoms with E-state index in [1.807, 2.05) is 0 Å². The van der Waals surface area contributed by atoms with Crippen LogP contribution in [0.2, 0.25) is 0 Å². The minimum absolute atomic E-state index is 0.202. The number of amides is 2. The zero-order valence-electron chi connectivity index (χ0n) is 7.46. The molecule has 2 amide bonds. The molecule has 1 heterocycles. The van der Waals surface area contributed by atoms with Gasteiger partial charge in [-0.3, -0.25) is 0 Å². The normalized spacial score (nSPS) is 9.38. The fourth-order valence-electron chi connectivity index (χ4n) is 0.729. The second-order valence-electron chi connectivity index (χ2n) is 2.27. The molecule has 5 nitrogen and oxygen atoms in total. The van der Waals surface area contributed by atoms with Crippen molar-refractivity contribution < 1.29 is 9.53 Å². The van der Waals surface area contributed by atoms with E-state index in [-0.39, 0.29) is 6.03 Å². The molecule has 6 heteroatoms. The van der Waals surface area contributed by atoms with Gasteiger partial charge in [-0.05, 0) is 11.5 Å². The molecule has 1 rings (SSSR count). The number of nitrogens with zero attached hydrogens (tertiary/aromatic N) is 1. The van der Waals surface area contributed by atoms with E-state index in [0.717, 1.165) is 4.88 Å². The number of carbonyl (C=O) groups excluding carboxylic acids is 1. The van der Waals surface area contributed by atoms with Crippen molar-refractivity contribution in [1.82, 2.24) is 15.0 Å². The number of ether oxygens (including phenoxy) is 1. The number of aromatic nitrogens is 1. The van der Waals surface area contributed by atoms with Crippen LogP contribution in [0.25, 0.3) is 0 Å². The number of hydrogen-bond donors (Lipinski definition) is 2. The maximum atomic E-state index is 10.8. The van der Waals surface area contributed by atoms with Gasteiger partial charge >= 0.3 is 6.03 Å². The lowest BCUT2D eigenvalue weighted by Gasteiger charge is -1.99. The first-order valence-corrected chi connectivity index (χ1v) is 4.48. The lowest BCUT2D eigenvalue weighted by molar-refractivity contribution is 0.242. The lowest BCUT2D eigenvalue weighted by atomic mass is 10.5. The maximum absolute atomic E-state index is 10.8. The van der Waals surface area contributed by atoms with Gasteiger partial charge in [-0.2, -0.15) is 4.37 Å². The van der Waals surface area contributed by atoms with Crippen molar-refractivity contribution in [2.24, 2.45) is 0 Å². The molecule has 2 N–H and O–H groups in total. The van der Waals surface area contributed by atoms with Gasteiger partial charge in [0.05, 0.1) is 13.7 Å². The van der Waals surface area contributed by atoms with Gasteiger partial charge < -0.3 is 15.4 Å². The summed E-state index contributed by atoms with van der Waals surface area (Å²) < 4.78 is 8.89. The summed E-state index contributed by atoms with van der Waals surface area (Å²) in [6.45, 7) is 0.473. The second-order valence-corrected chi connectivity index (χ2v) is 3.16. The summed E-state index contributed by atoms with van der Waals surface area (Å²) in [4.78, 5) is 11.8. The van der Waals surface area contributed by atoms with Crippen molar-refractivity contribution in [3.63, 3.8) is 0 Å². The standard InChI is InChI=1S/C7H11N3O2S/c1-8-7(11)9-4-5-3-6(12-2)10-13-5/h3H,4H2,1-2H3,(H2,8,9,11). The largest absolute Gasteiger partial charge is 0.480 e. The minimum atomic E-state index is -0.202. The molecule has 0 aliphatic carbocycles. The number of carbonyl (C=O) groups is 1. The highest BCUT2D eigenvalue weighted by atomic mass is 32.1. The van der Waals surface area contributed by atoms with Crippen LogP contribution >= 0.6 is 11.5 Å². The van der Waals surface area contributed by atoms with Crippen LogP contribution in [-0.4, -0.2) is 24.6 Å². The van der Waals surface area contributed by atoms with E-state index in [9.17, 15) is 4.79 Å². The van der Waals surface area contributed by atoms with Gasteiger partial charge in [-0.1, -0.05) is 0 Å². The van der Waals surface area contributed by atoms with Gasteiger partial charge in [-0.25, -0.2) is 4.79 Å². The van der Waals surface area contributed by atoms with E-state index < -0.39 is 0 Å². The predicted molar refractivity (Wildman–Crippen MR) is 50.0 cm³/mol.